The maximum atomic E-state index is 13.8. The molecule has 0 saturated carbocycles. The van der Waals surface area contributed by atoms with Crippen molar-refractivity contribution in [3.63, 3.8) is 0 Å². The third kappa shape index (κ3) is 46.1. The van der Waals surface area contributed by atoms with E-state index < -0.39 is 49.0 Å². The Morgan fingerprint density at radius 3 is 1.33 bits per heavy atom. The Kier molecular flexibility index (Phi) is 54.1. The Balaban J connectivity index is 3.21. The molecule has 1 aliphatic rings. The molecule has 16 nitrogen and oxygen atoms in total. The lowest BCUT2D eigenvalue weighted by molar-refractivity contribution is -0.170. The van der Waals surface area contributed by atoms with Gasteiger partial charge in [-0.1, -0.05) is 176 Å². The third-order valence-electron chi connectivity index (χ3n) is 16.5. The molecule has 0 aromatic rings. The van der Waals surface area contributed by atoms with Gasteiger partial charge in [0, 0.05) is 44.9 Å². The van der Waals surface area contributed by atoms with E-state index in [9.17, 15) is 28.8 Å². The Bertz CT molecular complexity index is 1700. The fourth-order valence-electron chi connectivity index (χ4n) is 10.7. The second-order valence-electron chi connectivity index (χ2n) is 24.7. The molecule has 1 saturated heterocycles. The van der Waals surface area contributed by atoms with Gasteiger partial charge in [-0.2, -0.15) is 0 Å². The molecular formula is C72H129NO15. The molecule has 0 radical (unpaired) electrons. The highest BCUT2D eigenvalue weighted by atomic mass is 16.7. The monoisotopic (exact) mass is 1250 g/mol. The molecule has 0 aromatic heterocycles. The SMILES string of the molecule is CC/C=C\CCCCOC(CCC(=O)OCC(COC(=O)CCCCCCOC(=O)C(CCCC)CCCCCC)(COC(=O)CCCCCCOC(=O)C(CCCC)CCCCCC)COC(=O)OCC1CCCN(CC)C1)OCCCC/C=C\CC. The van der Waals surface area contributed by atoms with Gasteiger partial charge >= 0.3 is 36.0 Å². The minimum absolute atomic E-state index is 0.0484. The summed E-state index contributed by atoms with van der Waals surface area (Å²) in [5, 5.41) is 0. The maximum Gasteiger partial charge on any atom is 0.508 e. The summed E-state index contributed by atoms with van der Waals surface area (Å²) in [7, 11) is 0. The van der Waals surface area contributed by atoms with Crippen LogP contribution in [0.2, 0.25) is 0 Å². The maximum absolute atomic E-state index is 13.8. The zero-order valence-electron chi connectivity index (χ0n) is 57.0. The van der Waals surface area contributed by atoms with Crippen molar-refractivity contribution < 1.29 is 71.4 Å². The van der Waals surface area contributed by atoms with Crippen LogP contribution in [-0.4, -0.2) is 126 Å². The van der Waals surface area contributed by atoms with E-state index in [0.717, 1.165) is 187 Å². The van der Waals surface area contributed by atoms with Crippen LogP contribution in [0.3, 0.4) is 0 Å². The number of carbonyl (C=O) groups excluding carboxylic acids is 6. The van der Waals surface area contributed by atoms with Crippen LogP contribution in [0.15, 0.2) is 24.3 Å². The van der Waals surface area contributed by atoms with Crippen molar-refractivity contribution in [1.29, 1.82) is 0 Å². The molecule has 0 N–H and O–H groups in total. The summed E-state index contributed by atoms with van der Waals surface area (Å²) in [5.41, 5.74) is -1.49. The summed E-state index contributed by atoms with van der Waals surface area (Å²) in [6.07, 6.45) is 38.8. The molecule has 0 spiro atoms. The number of ether oxygens (including phenoxy) is 9. The lowest BCUT2D eigenvalue weighted by atomic mass is 9.92. The van der Waals surface area contributed by atoms with Crippen LogP contribution in [0, 0.1) is 23.2 Å². The number of nitrogens with zero attached hydrogens (tertiary/aromatic N) is 1. The molecule has 0 aromatic carbocycles. The molecule has 3 atom stereocenters. The van der Waals surface area contributed by atoms with E-state index in [-0.39, 0.29) is 75.2 Å². The smallest absolute Gasteiger partial charge is 0.465 e. The summed E-state index contributed by atoms with van der Waals surface area (Å²) in [6, 6.07) is 0. The number of unbranched alkanes of at least 4 members (excludes halogenated alkanes) is 18. The first-order valence-corrected chi connectivity index (χ1v) is 35.7. The number of hydrogen-bond acceptors (Lipinski definition) is 16. The van der Waals surface area contributed by atoms with Gasteiger partial charge in [0.2, 0.25) is 0 Å². The number of esters is 5. The molecule has 0 bridgehead atoms. The van der Waals surface area contributed by atoms with Crippen molar-refractivity contribution in [3.05, 3.63) is 24.3 Å². The van der Waals surface area contributed by atoms with Crippen LogP contribution in [0.4, 0.5) is 4.79 Å². The first-order valence-electron chi connectivity index (χ1n) is 35.7. The molecule has 0 aliphatic carbocycles. The van der Waals surface area contributed by atoms with E-state index >= 15 is 0 Å². The minimum atomic E-state index is -1.49. The van der Waals surface area contributed by atoms with Crippen molar-refractivity contribution in [2.24, 2.45) is 23.2 Å². The second kappa shape index (κ2) is 58.1. The Morgan fingerprint density at radius 1 is 0.432 bits per heavy atom. The lowest BCUT2D eigenvalue weighted by Gasteiger charge is -2.32. The largest absolute Gasteiger partial charge is 0.508 e. The van der Waals surface area contributed by atoms with Gasteiger partial charge in [0.05, 0.1) is 38.1 Å². The number of piperidine rings is 1. The summed E-state index contributed by atoms with van der Waals surface area (Å²) in [4.78, 5) is 82.6. The van der Waals surface area contributed by atoms with Gasteiger partial charge in [-0.25, -0.2) is 4.79 Å². The third-order valence-corrected chi connectivity index (χ3v) is 16.5. The van der Waals surface area contributed by atoms with Gasteiger partial charge < -0.3 is 47.5 Å². The van der Waals surface area contributed by atoms with E-state index in [2.05, 4.69) is 77.7 Å². The number of hydrogen-bond donors (Lipinski definition) is 0. The highest BCUT2D eigenvalue weighted by Crippen LogP contribution is 2.26. The van der Waals surface area contributed by atoms with Crippen LogP contribution in [0.25, 0.3) is 0 Å². The lowest BCUT2D eigenvalue weighted by Crippen LogP contribution is -2.44. The van der Waals surface area contributed by atoms with E-state index in [1.165, 1.54) is 12.8 Å². The van der Waals surface area contributed by atoms with Crippen LogP contribution in [0.1, 0.15) is 292 Å². The quantitative estimate of drug-likeness (QED) is 0.0184. The van der Waals surface area contributed by atoms with Crippen LogP contribution in [0.5, 0.6) is 0 Å². The molecule has 1 fully saturated rings. The minimum Gasteiger partial charge on any atom is -0.465 e. The van der Waals surface area contributed by atoms with E-state index in [4.69, 9.17) is 42.6 Å². The Labute approximate surface area is 535 Å². The number of allylic oxidation sites excluding steroid dienone is 4. The van der Waals surface area contributed by atoms with Gasteiger partial charge in [-0.3, -0.25) is 24.0 Å². The van der Waals surface area contributed by atoms with Crippen LogP contribution < -0.4 is 0 Å². The number of likely N-dealkylation sites (tertiary alicyclic amines) is 1. The molecule has 512 valence electrons. The first kappa shape index (κ1) is 82.0. The normalized spacial score (nSPS) is 15.1. The molecule has 1 heterocycles. The zero-order chi connectivity index (χ0) is 64.4. The van der Waals surface area contributed by atoms with E-state index in [1.54, 1.807) is 0 Å². The molecule has 1 rings (SSSR count). The molecule has 88 heavy (non-hydrogen) atoms. The fraction of sp³-hybridized carbons (Fsp3) is 0.861. The molecular weight excluding hydrogens is 1120 g/mol. The highest BCUT2D eigenvalue weighted by Gasteiger charge is 2.39. The summed E-state index contributed by atoms with van der Waals surface area (Å²) < 4.78 is 53.1. The van der Waals surface area contributed by atoms with Crippen molar-refractivity contribution in [2.45, 2.75) is 299 Å². The summed E-state index contributed by atoms with van der Waals surface area (Å²) in [5.74, 6) is -1.78. The second-order valence-corrected chi connectivity index (χ2v) is 24.7. The first-order chi connectivity index (χ1) is 42.9. The topological polar surface area (TPSA) is 189 Å². The number of rotatable bonds is 60. The number of carbonyl (C=O) groups is 6. The van der Waals surface area contributed by atoms with Crippen molar-refractivity contribution in [3.8, 4) is 0 Å². The average molecular weight is 1250 g/mol. The van der Waals surface area contributed by atoms with Gasteiger partial charge in [0.25, 0.3) is 0 Å². The van der Waals surface area contributed by atoms with Crippen LogP contribution >= 0.6 is 0 Å². The zero-order valence-corrected chi connectivity index (χ0v) is 57.0. The molecule has 1 aliphatic heterocycles. The Hall–Kier alpha value is -4.02. The van der Waals surface area contributed by atoms with E-state index in [0.29, 0.717) is 65.0 Å². The van der Waals surface area contributed by atoms with Crippen molar-refractivity contribution >= 4 is 36.0 Å². The highest BCUT2D eigenvalue weighted by molar-refractivity contribution is 5.73. The van der Waals surface area contributed by atoms with Gasteiger partial charge in [0.1, 0.15) is 31.8 Å². The molecule has 16 heteroatoms. The van der Waals surface area contributed by atoms with Crippen LogP contribution in [-0.2, 0) is 66.6 Å². The van der Waals surface area contributed by atoms with Gasteiger partial charge in [-0.05, 0) is 129 Å². The predicted molar refractivity (Wildman–Crippen MR) is 351 cm³/mol. The van der Waals surface area contributed by atoms with Gasteiger partial charge in [0.15, 0.2) is 6.29 Å². The molecule has 0 amide bonds. The predicted octanol–water partition coefficient (Wildman–Crippen LogP) is 17.4. The average Bonchev–Trinajstić information content (AvgIpc) is 3.74. The van der Waals surface area contributed by atoms with Crippen molar-refractivity contribution in [1.82, 2.24) is 4.90 Å². The Morgan fingerprint density at radius 2 is 0.864 bits per heavy atom. The fourth-order valence-corrected chi connectivity index (χ4v) is 10.7. The standard InChI is InChI=1S/C72H129NO15/c1-8-15-21-25-29-37-52-80-68(81-53-38-30-26-22-16-9-2)50-49-67(76)87-60-72(61-88-71(79)84-57-62-42-41-51-73(14-7)56-62,58-85-65(74)47-35-27-31-39-54-82-69(77)63(43-19-12-5)45-33-23-17-10-3)59-86-66(75)48-36-28-32-40-55-83-70(78)64(44-20-13-6)46-34-24-18-11-4/h15-16,21-22,62-64,68H,8-14,17-20,23-61H2,1-7H3/b21-15-,22-16-. The van der Waals surface area contributed by atoms with E-state index in [1.807, 2.05) is 0 Å². The van der Waals surface area contributed by atoms with Gasteiger partial charge in [-0.15, -0.1) is 0 Å². The summed E-state index contributed by atoms with van der Waals surface area (Å²) in [6.45, 7) is 17.9. The molecule has 3 unspecified atom stereocenters. The van der Waals surface area contributed by atoms with Crippen molar-refractivity contribution in [2.75, 3.05) is 79.1 Å². The summed E-state index contributed by atoms with van der Waals surface area (Å²) >= 11 is 0.